The summed E-state index contributed by atoms with van der Waals surface area (Å²) < 4.78 is 0. The van der Waals surface area contributed by atoms with E-state index in [9.17, 15) is 4.79 Å². The van der Waals surface area contributed by atoms with Crippen molar-refractivity contribution in [2.24, 2.45) is 0 Å². The van der Waals surface area contributed by atoms with Crippen molar-refractivity contribution in [2.45, 2.75) is 18.9 Å². The van der Waals surface area contributed by atoms with Crippen LogP contribution in [0.15, 0.2) is 48.5 Å². The number of rotatable bonds is 3. The number of hydrogen-bond donors (Lipinski definition) is 1. The monoisotopic (exact) mass is 366 g/mol. The molecule has 4 rings (SSSR count). The molecule has 3 aromatic rings. The van der Waals surface area contributed by atoms with E-state index >= 15 is 0 Å². The molecule has 2 aromatic carbocycles. The van der Waals surface area contributed by atoms with Crippen LogP contribution in [0.3, 0.4) is 0 Å². The summed E-state index contributed by atoms with van der Waals surface area (Å²) in [6.07, 6.45) is 1.78. The molecule has 1 aliphatic heterocycles. The minimum Gasteiger partial charge on any atom is -0.356 e. The van der Waals surface area contributed by atoms with Crippen molar-refractivity contribution in [2.75, 3.05) is 18.9 Å². The molecule has 0 saturated carbocycles. The lowest BCUT2D eigenvalue weighted by Gasteiger charge is -2.30. The minimum absolute atomic E-state index is 0.101. The van der Waals surface area contributed by atoms with E-state index < -0.39 is 0 Å². The number of benzene rings is 2. The number of nitrogens with zero attached hydrogens (tertiary/aromatic N) is 3. The normalized spacial score (nSPS) is 17.5. The maximum Gasteiger partial charge on any atom is 0.244 e. The number of likely N-dealkylation sites (N-methyl/N-ethyl adjacent to an activating group) is 1. The molecule has 26 heavy (non-hydrogen) atoms. The number of halogens is 1. The summed E-state index contributed by atoms with van der Waals surface area (Å²) in [6.45, 7) is 0.805. The number of anilines is 1. The fourth-order valence-electron chi connectivity index (χ4n) is 3.36. The molecule has 6 heteroatoms. The molecule has 1 N–H and O–H groups in total. The second-order valence-electron chi connectivity index (χ2n) is 6.55. The number of carbonyl (C=O) groups is 1. The second-order valence-corrected chi connectivity index (χ2v) is 6.99. The van der Waals surface area contributed by atoms with Crippen LogP contribution in [0.5, 0.6) is 0 Å². The molecule has 1 unspecified atom stereocenters. The van der Waals surface area contributed by atoms with Gasteiger partial charge in [-0.1, -0.05) is 48.0 Å². The van der Waals surface area contributed by atoms with E-state index in [1.807, 2.05) is 55.6 Å². The Labute approximate surface area is 157 Å². The van der Waals surface area contributed by atoms with Crippen molar-refractivity contribution in [1.82, 2.24) is 15.1 Å². The fourth-order valence-corrected chi connectivity index (χ4v) is 3.49. The van der Waals surface area contributed by atoms with Crippen LogP contribution < -0.4 is 5.32 Å². The number of carbonyl (C=O) groups excluding carboxylic acids is 1. The van der Waals surface area contributed by atoms with Crippen molar-refractivity contribution < 1.29 is 4.79 Å². The van der Waals surface area contributed by atoms with E-state index in [-0.39, 0.29) is 11.9 Å². The number of aromatic nitrogens is 2. The maximum absolute atomic E-state index is 12.4. The van der Waals surface area contributed by atoms with Gasteiger partial charge < -0.3 is 10.2 Å². The molecule has 1 fully saturated rings. The van der Waals surface area contributed by atoms with Crippen LogP contribution in [0, 0.1) is 0 Å². The Kier molecular flexibility index (Phi) is 4.47. The predicted octanol–water partition coefficient (Wildman–Crippen LogP) is 3.98. The number of hydrogen-bond acceptors (Lipinski definition) is 4. The van der Waals surface area contributed by atoms with Gasteiger partial charge in [0.2, 0.25) is 5.91 Å². The maximum atomic E-state index is 12.4. The zero-order chi connectivity index (χ0) is 18.1. The van der Waals surface area contributed by atoms with E-state index in [4.69, 9.17) is 11.6 Å². The Morgan fingerprint density at radius 2 is 1.81 bits per heavy atom. The predicted molar refractivity (Wildman–Crippen MR) is 104 cm³/mol. The lowest BCUT2D eigenvalue weighted by atomic mass is 10.0. The van der Waals surface area contributed by atoms with Crippen LogP contribution in [0.1, 0.15) is 12.8 Å². The van der Waals surface area contributed by atoms with Gasteiger partial charge in [-0.15, -0.1) is 10.2 Å². The zero-order valence-electron chi connectivity index (χ0n) is 14.4. The van der Waals surface area contributed by atoms with Gasteiger partial charge in [-0.05, 0) is 25.0 Å². The molecule has 2 heterocycles. The van der Waals surface area contributed by atoms with E-state index in [2.05, 4.69) is 15.5 Å². The summed E-state index contributed by atoms with van der Waals surface area (Å²) in [5, 5.41) is 14.8. The molecule has 0 spiro atoms. The third-order valence-electron chi connectivity index (χ3n) is 4.78. The largest absolute Gasteiger partial charge is 0.356 e. The van der Waals surface area contributed by atoms with Gasteiger partial charge in [0.25, 0.3) is 0 Å². The number of nitrogens with one attached hydrogen (secondary N) is 1. The first kappa shape index (κ1) is 16.8. The Hall–Kier alpha value is -2.66. The van der Waals surface area contributed by atoms with Gasteiger partial charge in [0.1, 0.15) is 11.7 Å². The van der Waals surface area contributed by atoms with Crippen LogP contribution in [0.2, 0.25) is 5.02 Å². The van der Waals surface area contributed by atoms with Gasteiger partial charge in [0.05, 0.1) is 0 Å². The lowest BCUT2D eigenvalue weighted by molar-refractivity contribution is -0.132. The molecule has 1 aliphatic rings. The minimum atomic E-state index is -0.257. The molecule has 0 bridgehead atoms. The summed E-state index contributed by atoms with van der Waals surface area (Å²) >= 11 is 5.99. The first-order chi connectivity index (χ1) is 12.6. The van der Waals surface area contributed by atoms with Crippen LogP contribution in [-0.4, -0.2) is 40.6 Å². The van der Waals surface area contributed by atoms with E-state index in [1.165, 1.54) is 0 Å². The van der Waals surface area contributed by atoms with Gasteiger partial charge in [0.15, 0.2) is 5.82 Å². The lowest BCUT2D eigenvalue weighted by Crippen LogP contribution is -2.45. The Balaban J connectivity index is 1.75. The van der Waals surface area contributed by atoms with Gasteiger partial charge in [-0.2, -0.15) is 0 Å². The Morgan fingerprint density at radius 1 is 1.08 bits per heavy atom. The SMILES string of the molecule is CN1CCCC(Nc2nnc(-c3ccc(Cl)cc3)c3ccccc23)C1=O. The summed E-state index contributed by atoms with van der Waals surface area (Å²) in [5.41, 5.74) is 1.76. The molecular formula is C20H19ClN4O. The highest BCUT2D eigenvalue weighted by Crippen LogP contribution is 2.31. The quantitative estimate of drug-likeness (QED) is 0.761. The topological polar surface area (TPSA) is 58.1 Å². The molecule has 1 aromatic heterocycles. The van der Waals surface area contributed by atoms with Crippen molar-refractivity contribution >= 4 is 34.1 Å². The first-order valence-corrected chi connectivity index (χ1v) is 9.04. The second kappa shape index (κ2) is 6.92. The van der Waals surface area contributed by atoms with Crippen molar-refractivity contribution in [3.8, 4) is 11.3 Å². The highest BCUT2D eigenvalue weighted by Gasteiger charge is 2.27. The third-order valence-corrected chi connectivity index (χ3v) is 5.03. The van der Waals surface area contributed by atoms with Crippen LogP contribution in [0.4, 0.5) is 5.82 Å². The average Bonchev–Trinajstić information content (AvgIpc) is 2.66. The summed E-state index contributed by atoms with van der Waals surface area (Å²) in [6, 6.07) is 15.3. The fraction of sp³-hybridized carbons (Fsp3) is 0.250. The average molecular weight is 367 g/mol. The standard InChI is InChI=1S/C20H19ClN4O/c1-25-12-4-7-17(20(25)26)22-19-16-6-3-2-5-15(16)18(23-24-19)13-8-10-14(21)11-9-13/h2-3,5-6,8-11,17H,4,7,12H2,1H3,(H,22,24). The van der Waals surface area contributed by atoms with Crippen molar-refractivity contribution in [3.63, 3.8) is 0 Å². The molecular weight excluding hydrogens is 348 g/mol. The molecule has 5 nitrogen and oxygen atoms in total. The van der Waals surface area contributed by atoms with Crippen LogP contribution in [-0.2, 0) is 4.79 Å². The van der Waals surface area contributed by atoms with E-state index in [1.54, 1.807) is 4.90 Å². The Bertz CT molecular complexity index is 958. The number of fused-ring (bicyclic) bond motifs is 1. The smallest absolute Gasteiger partial charge is 0.244 e. The van der Waals surface area contributed by atoms with Gasteiger partial charge in [0, 0.05) is 35.0 Å². The number of amides is 1. The van der Waals surface area contributed by atoms with Gasteiger partial charge in [-0.3, -0.25) is 4.79 Å². The van der Waals surface area contributed by atoms with Gasteiger partial charge in [-0.25, -0.2) is 0 Å². The molecule has 132 valence electrons. The Morgan fingerprint density at radius 3 is 2.58 bits per heavy atom. The molecule has 1 saturated heterocycles. The zero-order valence-corrected chi connectivity index (χ0v) is 15.2. The van der Waals surface area contributed by atoms with Crippen LogP contribution >= 0.6 is 11.6 Å². The van der Waals surface area contributed by atoms with E-state index in [0.29, 0.717) is 10.8 Å². The summed E-state index contributed by atoms with van der Waals surface area (Å²) in [4.78, 5) is 14.2. The highest BCUT2D eigenvalue weighted by molar-refractivity contribution is 6.30. The molecule has 0 aliphatic carbocycles. The first-order valence-electron chi connectivity index (χ1n) is 8.66. The van der Waals surface area contributed by atoms with Crippen molar-refractivity contribution in [1.29, 1.82) is 0 Å². The van der Waals surface area contributed by atoms with Crippen molar-refractivity contribution in [3.05, 3.63) is 53.6 Å². The van der Waals surface area contributed by atoms with E-state index in [0.717, 1.165) is 41.4 Å². The molecule has 0 radical (unpaired) electrons. The van der Waals surface area contributed by atoms with Gasteiger partial charge >= 0.3 is 0 Å². The molecule has 1 atom stereocenters. The summed E-state index contributed by atoms with van der Waals surface area (Å²) in [5.74, 6) is 0.746. The number of piperidine rings is 1. The summed E-state index contributed by atoms with van der Waals surface area (Å²) in [7, 11) is 1.84. The third kappa shape index (κ3) is 3.10. The van der Waals surface area contributed by atoms with Crippen LogP contribution in [0.25, 0.3) is 22.0 Å². The number of likely N-dealkylation sites (tertiary alicyclic amines) is 1. The molecule has 1 amide bonds. The highest BCUT2D eigenvalue weighted by atomic mass is 35.5.